The van der Waals surface area contributed by atoms with Crippen LogP contribution in [0.25, 0.3) is 11.0 Å². The molecule has 1 aromatic carbocycles. The molecule has 1 saturated heterocycles. The van der Waals surface area contributed by atoms with E-state index in [0.29, 0.717) is 56.7 Å². The summed E-state index contributed by atoms with van der Waals surface area (Å²) < 4.78 is 40.1. The van der Waals surface area contributed by atoms with Crippen molar-refractivity contribution in [3.05, 3.63) is 42.5 Å². The highest BCUT2D eigenvalue weighted by Gasteiger charge is 2.27. The molecule has 12 heteroatoms. The SMILES string of the molecule is CCCn1c(COC(=O)CCNc2ncccn2)nc2cc(S(=O)(=O)N3CCOCC3)ccc21. The van der Waals surface area contributed by atoms with Gasteiger partial charge >= 0.3 is 5.97 Å². The molecule has 0 spiro atoms. The van der Waals surface area contributed by atoms with Crippen LogP contribution in [0.5, 0.6) is 0 Å². The molecule has 3 heterocycles. The second kappa shape index (κ2) is 10.9. The lowest BCUT2D eigenvalue weighted by molar-refractivity contribution is -0.144. The van der Waals surface area contributed by atoms with E-state index in [1.807, 2.05) is 11.5 Å². The molecular weight excluding hydrogens is 460 g/mol. The van der Waals surface area contributed by atoms with Crippen LogP contribution in [0.3, 0.4) is 0 Å². The third kappa shape index (κ3) is 5.51. The number of aryl methyl sites for hydroxylation is 1. The summed E-state index contributed by atoms with van der Waals surface area (Å²) in [5.41, 5.74) is 1.36. The van der Waals surface area contributed by atoms with Gasteiger partial charge in [0.2, 0.25) is 16.0 Å². The Hall–Kier alpha value is -3.09. The van der Waals surface area contributed by atoms with Gasteiger partial charge in [-0.3, -0.25) is 4.79 Å². The molecular formula is C22H28N6O5S. The summed E-state index contributed by atoms with van der Waals surface area (Å²) in [5, 5.41) is 2.96. The molecule has 0 atom stereocenters. The van der Waals surface area contributed by atoms with Gasteiger partial charge in [0.1, 0.15) is 12.4 Å². The number of hydrogen-bond donors (Lipinski definition) is 1. The second-order valence-electron chi connectivity index (χ2n) is 7.76. The molecule has 1 aliphatic heterocycles. The Morgan fingerprint density at radius 1 is 1.21 bits per heavy atom. The second-order valence-corrected chi connectivity index (χ2v) is 9.69. The fourth-order valence-electron chi connectivity index (χ4n) is 3.72. The van der Waals surface area contributed by atoms with Crippen LogP contribution in [0.4, 0.5) is 5.95 Å². The summed E-state index contributed by atoms with van der Waals surface area (Å²) in [5.74, 6) is 0.641. The summed E-state index contributed by atoms with van der Waals surface area (Å²) in [6, 6.07) is 6.67. The number of imidazole rings is 1. The average Bonchev–Trinajstić information content (AvgIpc) is 3.21. The van der Waals surface area contributed by atoms with E-state index in [9.17, 15) is 13.2 Å². The van der Waals surface area contributed by atoms with Crippen molar-refractivity contribution in [2.24, 2.45) is 0 Å². The highest BCUT2D eigenvalue weighted by Crippen LogP contribution is 2.24. The first kappa shape index (κ1) is 24.0. The van der Waals surface area contributed by atoms with Crippen molar-refractivity contribution in [3.8, 4) is 0 Å². The van der Waals surface area contributed by atoms with Gasteiger partial charge in [-0.2, -0.15) is 4.31 Å². The van der Waals surface area contributed by atoms with E-state index in [-0.39, 0.29) is 23.9 Å². The van der Waals surface area contributed by atoms with Crippen LogP contribution in [-0.2, 0) is 37.4 Å². The fourth-order valence-corrected chi connectivity index (χ4v) is 5.15. The maximum absolute atomic E-state index is 13.0. The van der Waals surface area contributed by atoms with E-state index in [2.05, 4.69) is 20.3 Å². The third-order valence-electron chi connectivity index (χ3n) is 5.39. The van der Waals surface area contributed by atoms with Gasteiger partial charge in [0.25, 0.3) is 0 Å². The Morgan fingerprint density at radius 2 is 1.97 bits per heavy atom. The quantitative estimate of drug-likeness (QED) is 0.425. The summed E-state index contributed by atoms with van der Waals surface area (Å²) in [4.78, 5) is 25.1. The molecule has 4 rings (SSSR count). The van der Waals surface area contributed by atoms with Crippen LogP contribution in [0.2, 0.25) is 0 Å². The molecule has 0 radical (unpaired) electrons. The van der Waals surface area contributed by atoms with Gasteiger partial charge in [0.15, 0.2) is 0 Å². The third-order valence-corrected chi connectivity index (χ3v) is 7.29. The average molecular weight is 489 g/mol. The number of anilines is 1. The van der Waals surface area contributed by atoms with E-state index in [1.165, 1.54) is 4.31 Å². The minimum atomic E-state index is -3.63. The van der Waals surface area contributed by atoms with Gasteiger partial charge < -0.3 is 19.4 Å². The maximum Gasteiger partial charge on any atom is 0.308 e. The zero-order chi connectivity index (χ0) is 24.0. The van der Waals surface area contributed by atoms with Crippen molar-refractivity contribution in [1.82, 2.24) is 23.8 Å². The van der Waals surface area contributed by atoms with Crippen molar-refractivity contribution in [2.45, 2.75) is 37.8 Å². The number of esters is 1. The van der Waals surface area contributed by atoms with Crippen molar-refractivity contribution in [2.75, 3.05) is 38.2 Å². The standard InChI is InChI=1S/C22H28N6O5S/c1-2-10-28-19-5-4-17(34(30,31)27-11-13-32-14-12-27)15-18(19)26-20(28)16-33-21(29)6-9-25-22-23-7-3-8-24-22/h3-5,7-8,15H,2,6,9-14,16H2,1H3,(H,23,24,25). The normalized spacial score (nSPS) is 14.9. The van der Waals surface area contributed by atoms with Crippen molar-refractivity contribution in [3.63, 3.8) is 0 Å². The van der Waals surface area contributed by atoms with Gasteiger partial charge in [-0.05, 0) is 30.7 Å². The molecule has 1 N–H and O–H groups in total. The number of hydrogen-bond acceptors (Lipinski definition) is 9. The van der Waals surface area contributed by atoms with Crippen LogP contribution in [0.15, 0.2) is 41.6 Å². The first-order chi connectivity index (χ1) is 16.5. The largest absolute Gasteiger partial charge is 0.457 e. The summed E-state index contributed by atoms with van der Waals surface area (Å²) in [6.45, 7) is 4.49. The van der Waals surface area contributed by atoms with E-state index >= 15 is 0 Å². The van der Waals surface area contributed by atoms with Crippen molar-refractivity contribution in [1.29, 1.82) is 0 Å². The minimum absolute atomic E-state index is 0.000890. The molecule has 0 amide bonds. The molecule has 0 saturated carbocycles. The van der Waals surface area contributed by atoms with Gasteiger partial charge in [0.05, 0.1) is 35.6 Å². The van der Waals surface area contributed by atoms with Crippen LogP contribution >= 0.6 is 0 Å². The number of morpholine rings is 1. The molecule has 0 unspecified atom stereocenters. The predicted molar refractivity (Wildman–Crippen MR) is 125 cm³/mol. The summed E-state index contributed by atoms with van der Waals surface area (Å²) in [7, 11) is -3.63. The molecule has 3 aromatic rings. The van der Waals surface area contributed by atoms with E-state index in [0.717, 1.165) is 11.9 Å². The number of nitrogens with zero attached hydrogens (tertiary/aromatic N) is 5. The lowest BCUT2D eigenvalue weighted by Crippen LogP contribution is -2.40. The molecule has 1 fully saturated rings. The number of ether oxygens (including phenoxy) is 2. The number of sulfonamides is 1. The van der Waals surface area contributed by atoms with Gasteiger partial charge in [-0.25, -0.2) is 23.4 Å². The Bertz CT molecular complexity index is 1230. The number of carbonyl (C=O) groups excluding carboxylic acids is 1. The van der Waals surface area contributed by atoms with Gasteiger partial charge in [-0.1, -0.05) is 6.92 Å². The van der Waals surface area contributed by atoms with Crippen LogP contribution in [0.1, 0.15) is 25.6 Å². The first-order valence-corrected chi connectivity index (χ1v) is 12.7. The monoisotopic (exact) mass is 488 g/mol. The highest BCUT2D eigenvalue weighted by molar-refractivity contribution is 7.89. The zero-order valence-corrected chi connectivity index (χ0v) is 19.8. The number of fused-ring (bicyclic) bond motifs is 1. The lowest BCUT2D eigenvalue weighted by atomic mass is 10.3. The lowest BCUT2D eigenvalue weighted by Gasteiger charge is -2.26. The molecule has 2 aromatic heterocycles. The molecule has 1 aliphatic rings. The number of aromatic nitrogens is 4. The highest BCUT2D eigenvalue weighted by atomic mass is 32.2. The topological polar surface area (TPSA) is 129 Å². The van der Waals surface area contributed by atoms with Crippen LogP contribution in [-0.4, -0.2) is 71.1 Å². The van der Waals surface area contributed by atoms with Gasteiger partial charge in [0, 0.05) is 38.6 Å². The summed E-state index contributed by atoms with van der Waals surface area (Å²) >= 11 is 0. The summed E-state index contributed by atoms with van der Waals surface area (Å²) in [6.07, 6.45) is 4.22. The molecule has 34 heavy (non-hydrogen) atoms. The Kier molecular flexibility index (Phi) is 7.70. The smallest absolute Gasteiger partial charge is 0.308 e. The van der Waals surface area contributed by atoms with Crippen molar-refractivity contribution >= 4 is 33.0 Å². The first-order valence-electron chi connectivity index (χ1n) is 11.2. The number of rotatable bonds is 10. The molecule has 11 nitrogen and oxygen atoms in total. The zero-order valence-electron chi connectivity index (χ0n) is 19.0. The minimum Gasteiger partial charge on any atom is -0.457 e. The number of carbonyl (C=O) groups is 1. The molecule has 0 bridgehead atoms. The van der Waals surface area contributed by atoms with Crippen LogP contribution < -0.4 is 5.32 Å². The Morgan fingerprint density at radius 3 is 2.71 bits per heavy atom. The van der Waals surface area contributed by atoms with E-state index < -0.39 is 10.0 Å². The van der Waals surface area contributed by atoms with E-state index in [4.69, 9.17) is 9.47 Å². The Labute approximate surface area is 198 Å². The van der Waals surface area contributed by atoms with Gasteiger partial charge in [-0.15, -0.1) is 0 Å². The van der Waals surface area contributed by atoms with Crippen LogP contribution in [0, 0.1) is 0 Å². The van der Waals surface area contributed by atoms with E-state index in [1.54, 1.807) is 36.7 Å². The molecule has 182 valence electrons. The Balaban J connectivity index is 1.45. The predicted octanol–water partition coefficient (Wildman–Crippen LogP) is 1.80. The fraction of sp³-hybridized carbons (Fsp3) is 0.455. The maximum atomic E-state index is 13.0. The number of benzene rings is 1. The molecule has 0 aliphatic carbocycles. The van der Waals surface area contributed by atoms with Crippen molar-refractivity contribution < 1.29 is 22.7 Å². The number of nitrogens with one attached hydrogen (secondary N) is 1.